The molecule has 1 aromatic carbocycles. The highest BCUT2D eigenvalue weighted by molar-refractivity contribution is 14.1. The summed E-state index contributed by atoms with van der Waals surface area (Å²) in [4.78, 5) is 0. The first kappa shape index (κ1) is 9.66. The minimum atomic E-state index is -2.43. The number of nitrogen functional groups attached to an aromatic ring is 1. The molecule has 0 atom stereocenters. The first-order valence-electron chi connectivity index (χ1n) is 3.19. The van der Waals surface area contributed by atoms with Crippen molar-refractivity contribution in [2.24, 2.45) is 5.84 Å². The quantitative estimate of drug-likeness (QED) is 0.497. The van der Waals surface area contributed by atoms with E-state index in [0.29, 0.717) is 9.26 Å². The summed E-state index contributed by atoms with van der Waals surface area (Å²) in [6.45, 7) is 0. The lowest BCUT2D eigenvalue weighted by molar-refractivity contribution is 0.151. The molecule has 0 amide bonds. The lowest BCUT2D eigenvalue weighted by Crippen LogP contribution is -2.08. The molecule has 12 heavy (non-hydrogen) atoms. The Morgan fingerprint density at radius 2 is 2.08 bits per heavy atom. The van der Waals surface area contributed by atoms with Crippen molar-refractivity contribution < 1.29 is 8.78 Å². The van der Waals surface area contributed by atoms with Crippen LogP contribution in [0.2, 0.25) is 0 Å². The molecule has 0 bridgehead atoms. The molecule has 0 saturated carbocycles. The van der Waals surface area contributed by atoms with Crippen molar-refractivity contribution >= 4 is 28.3 Å². The van der Waals surface area contributed by atoms with Gasteiger partial charge in [0, 0.05) is 9.13 Å². The van der Waals surface area contributed by atoms with E-state index in [9.17, 15) is 8.78 Å². The van der Waals surface area contributed by atoms with Gasteiger partial charge in [-0.2, -0.15) is 0 Å². The largest absolute Gasteiger partial charge is 0.323 e. The van der Waals surface area contributed by atoms with E-state index in [4.69, 9.17) is 5.84 Å². The second-order valence-electron chi connectivity index (χ2n) is 2.18. The Balaban J connectivity index is 3.02. The van der Waals surface area contributed by atoms with Crippen molar-refractivity contribution in [3.8, 4) is 0 Å². The zero-order chi connectivity index (χ0) is 9.14. The Morgan fingerprint density at radius 1 is 1.42 bits per heavy atom. The van der Waals surface area contributed by atoms with E-state index in [0.717, 1.165) is 0 Å². The molecule has 0 aliphatic rings. The molecule has 0 aliphatic carbocycles. The molecule has 1 rings (SSSR count). The van der Waals surface area contributed by atoms with E-state index in [-0.39, 0.29) is 5.56 Å². The molecular weight excluding hydrogens is 277 g/mol. The van der Waals surface area contributed by atoms with Crippen LogP contribution in [0.25, 0.3) is 0 Å². The highest BCUT2D eigenvalue weighted by atomic mass is 127. The average Bonchev–Trinajstić information content (AvgIpc) is 2.04. The zero-order valence-corrected chi connectivity index (χ0v) is 8.18. The first-order valence-corrected chi connectivity index (χ1v) is 4.27. The van der Waals surface area contributed by atoms with Gasteiger partial charge in [-0.25, -0.2) is 8.78 Å². The third-order valence-corrected chi connectivity index (χ3v) is 2.29. The van der Waals surface area contributed by atoms with Crippen LogP contribution in [-0.4, -0.2) is 0 Å². The molecule has 0 aromatic heterocycles. The number of hydrogen-bond donors (Lipinski definition) is 2. The van der Waals surface area contributed by atoms with Crippen LogP contribution in [0.1, 0.15) is 12.0 Å². The van der Waals surface area contributed by atoms with Gasteiger partial charge in [0.2, 0.25) is 0 Å². The third-order valence-electron chi connectivity index (χ3n) is 1.40. The molecule has 66 valence electrons. The van der Waals surface area contributed by atoms with Crippen LogP contribution in [0.5, 0.6) is 0 Å². The summed E-state index contributed by atoms with van der Waals surface area (Å²) in [5, 5.41) is 0. The Hall–Kier alpha value is -0.430. The second-order valence-corrected chi connectivity index (χ2v) is 3.35. The van der Waals surface area contributed by atoms with Gasteiger partial charge in [0.05, 0.1) is 5.69 Å². The van der Waals surface area contributed by atoms with Crippen LogP contribution < -0.4 is 11.3 Å². The van der Waals surface area contributed by atoms with Crippen LogP contribution in [0.3, 0.4) is 0 Å². The number of hydrazine groups is 1. The molecule has 2 nitrogen and oxygen atoms in total. The highest BCUT2D eigenvalue weighted by Gasteiger charge is 2.08. The van der Waals surface area contributed by atoms with Crippen LogP contribution in [-0.2, 0) is 0 Å². The normalized spacial score (nSPS) is 10.4. The first-order chi connectivity index (χ1) is 5.65. The maximum atomic E-state index is 12.1. The fraction of sp³-hybridized carbons (Fsp3) is 0.143. The molecule has 0 unspecified atom stereocenters. The fourth-order valence-corrected chi connectivity index (χ4v) is 1.48. The molecule has 0 spiro atoms. The Bertz CT molecular complexity index is 278. The molecule has 1 aromatic rings. The van der Waals surface area contributed by atoms with Crippen molar-refractivity contribution in [2.45, 2.75) is 6.43 Å². The Kier molecular flexibility index (Phi) is 3.21. The third kappa shape index (κ3) is 2.04. The number of rotatable bonds is 2. The SMILES string of the molecule is NNc1ccc(C(F)F)cc1I. The number of alkyl halides is 2. The highest BCUT2D eigenvalue weighted by Crippen LogP contribution is 2.24. The van der Waals surface area contributed by atoms with Gasteiger partial charge in [-0.15, -0.1) is 0 Å². The topological polar surface area (TPSA) is 38.0 Å². The van der Waals surface area contributed by atoms with E-state index < -0.39 is 6.43 Å². The summed E-state index contributed by atoms with van der Waals surface area (Å²) in [7, 11) is 0. The van der Waals surface area contributed by atoms with Crippen LogP contribution in [0.15, 0.2) is 18.2 Å². The number of benzene rings is 1. The number of hydrogen-bond acceptors (Lipinski definition) is 2. The van der Waals surface area contributed by atoms with Crippen molar-refractivity contribution in [3.05, 3.63) is 27.3 Å². The zero-order valence-electron chi connectivity index (χ0n) is 6.02. The van der Waals surface area contributed by atoms with E-state index in [1.807, 2.05) is 22.6 Å². The minimum absolute atomic E-state index is 0.0124. The van der Waals surface area contributed by atoms with Gasteiger partial charge in [0.15, 0.2) is 0 Å². The maximum Gasteiger partial charge on any atom is 0.263 e. The van der Waals surface area contributed by atoms with Gasteiger partial charge in [-0.3, -0.25) is 5.84 Å². The summed E-state index contributed by atoms with van der Waals surface area (Å²) in [6.07, 6.45) is -2.43. The number of nitrogens with two attached hydrogens (primary N) is 1. The summed E-state index contributed by atoms with van der Waals surface area (Å²) >= 11 is 1.94. The van der Waals surface area contributed by atoms with E-state index >= 15 is 0 Å². The minimum Gasteiger partial charge on any atom is -0.323 e. The molecule has 0 fully saturated rings. The van der Waals surface area contributed by atoms with Crippen LogP contribution in [0.4, 0.5) is 14.5 Å². The van der Waals surface area contributed by atoms with Gasteiger partial charge in [-0.1, -0.05) is 6.07 Å². The summed E-state index contributed by atoms with van der Waals surface area (Å²) in [6, 6.07) is 4.28. The Morgan fingerprint density at radius 3 is 2.50 bits per heavy atom. The summed E-state index contributed by atoms with van der Waals surface area (Å²) in [5.41, 5.74) is 3.07. The van der Waals surface area contributed by atoms with Crippen molar-refractivity contribution in [1.82, 2.24) is 0 Å². The monoisotopic (exact) mass is 284 g/mol. The molecule has 0 saturated heterocycles. The summed E-state index contributed by atoms with van der Waals surface area (Å²) in [5.74, 6) is 5.13. The van der Waals surface area contributed by atoms with E-state index in [1.54, 1.807) is 0 Å². The smallest absolute Gasteiger partial charge is 0.263 e. The maximum absolute atomic E-state index is 12.1. The fourth-order valence-electron chi connectivity index (χ4n) is 0.784. The average molecular weight is 284 g/mol. The molecular formula is C7H7F2IN2. The number of halogens is 3. The number of anilines is 1. The van der Waals surface area contributed by atoms with Gasteiger partial charge < -0.3 is 5.43 Å². The van der Waals surface area contributed by atoms with Crippen LogP contribution in [0, 0.1) is 3.57 Å². The lowest BCUT2D eigenvalue weighted by Gasteiger charge is -2.05. The van der Waals surface area contributed by atoms with Crippen molar-refractivity contribution in [3.63, 3.8) is 0 Å². The van der Waals surface area contributed by atoms with Crippen LogP contribution >= 0.6 is 22.6 Å². The molecule has 0 radical (unpaired) electrons. The molecule has 0 aliphatic heterocycles. The van der Waals surface area contributed by atoms with Crippen molar-refractivity contribution in [1.29, 1.82) is 0 Å². The lowest BCUT2D eigenvalue weighted by atomic mass is 10.2. The second kappa shape index (κ2) is 3.99. The molecule has 3 N–H and O–H groups in total. The van der Waals surface area contributed by atoms with Gasteiger partial charge in [0.1, 0.15) is 0 Å². The summed E-state index contributed by atoms with van der Waals surface area (Å²) < 4.78 is 24.9. The predicted molar refractivity (Wildman–Crippen MR) is 51.9 cm³/mol. The van der Waals surface area contributed by atoms with E-state index in [2.05, 4.69) is 5.43 Å². The number of nitrogens with one attached hydrogen (secondary N) is 1. The molecule has 0 heterocycles. The Labute approximate surface area is 82.2 Å². The van der Waals surface area contributed by atoms with Gasteiger partial charge in [0.25, 0.3) is 6.43 Å². The van der Waals surface area contributed by atoms with E-state index in [1.165, 1.54) is 18.2 Å². The standard InChI is InChI=1S/C7H7F2IN2/c8-7(9)4-1-2-6(12-11)5(10)3-4/h1-3,7,12H,11H2. The van der Waals surface area contributed by atoms with Gasteiger partial charge in [-0.05, 0) is 34.7 Å². The van der Waals surface area contributed by atoms with Crippen molar-refractivity contribution in [2.75, 3.05) is 5.43 Å². The van der Waals surface area contributed by atoms with Gasteiger partial charge >= 0.3 is 0 Å². The predicted octanol–water partition coefficient (Wildman–Crippen LogP) is 2.51. The molecule has 5 heteroatoms.